The Hall–Kier alpha value is -1.32. The number of carboxylic acid groups (broad SMARTS) is 1. The zero-order valence-electron chi connectivity index (χ0n) is 8.19. The van der Waals surface area contributed by atoms with Gasteiger partial charge in [-0.1, -0.05) is 12.2 Å². The zero-order valence-corrected chi connectivity index (χ0v) is 8.19. The summed E-state index contributed by atoms with van der Waals surface area (Å²) in [6, 6.07) is -0.798. The number of hydrogen-bond donors (Lipinski definition) is 2. The van der Waals surface area contributed by atoms with Crippen LogP contribution in [0.2, 0.25) is 0 Å². The number of allylic oxidation sites excluding steroid dienone is 2. The molecule has 1 unspecified atom stereocenters. The third-order valence-corrected chi connectivity index (χ3v) is 2.31. The largest absolute Gasteiger partial charge is 0.480 e. The normalized spacial score (nSPS) is 21.9. The predicted molar refractivity (Wildman–Crippen MR) is 51.7 cm³/mol. The Balaban J connectivity index is 2.28. The third kappa shape index (κ3) is 3.20. The van der Waals surface area contributed by atoms with Gasteiger partial charge in [-0.25, -0.2) is 0 Å². The highest BCUT2D eigenvalue weighted by Gasteiger charge is 2.17. The molecule has 0 aromatic heterocycles. The molecule has 0 aromatic rings. The van der Waals surface area contributed by atoms with Crippen LogP contribution < -0.4 is 5.32 Å². The Morgan fingerprint density at radius 2 is 2.36 bits per heavy atom. The van der Waals surface area contributed by atoms with Gasteiger partial charge in [0, 0.05) is 6.42 Å². The second-order valence-corrected chi connectivity index (χ2v) is 3.60. The van der Waals surface area contributed by atoms with Crippen LogP contribution >= 0.6 is 0 Å². The van der Waals surface area contributed by atoms with Gasteiger partial charge in [0.25, 0.3) is 0 Å². The van der Waals surface area contributed by atoms with E-state index in [1.54, 1.807) is 0 Å². The molecule has 0 radical (unpaired) electrons. The Morgan fingerprint density at radius 1 is 1.64 bits per heavy atom. The van der Waals surface area contributed by atoms with E-state index in [-0.39, 0.29) is 11.8 Å². The minimum absolute atomic E-state index is 0.184. The van der Waals surface area contributed by atoms with E-state index in [2.05, 4.69) is 11.4 Å². The Labute approximate surface area is 83.0 Å². The first kappa shape index (κ1) is 10.8. The van der Waals surface area contributed by atoms with Gasteiger partial charge in [0.2, 0.25) is 5.91 Å². The first-order valence-corrected chi connectivity index (χ1v) is 4.78. The monoisotopic (exact) mass is 197 g/mol. The van der Waals surface area contributed by atoms with Crippen molar-refractivity contribution in [3.63, 3.8) is 0 Å². The van der Waals surface area contributed by atoms with Crippen LogP contribution in [0.4, 0.5) is 0 Å². The summed E-state index contributed by atoms with van der Waals surface area (Å²) in [7, 11) is 0. The summed E-state index contributed by atoms with van der Waals surface area (Å²) in [6.45, 7) is 1.46. The zero-order chi connectivity index (χ0) is 10.6. The smallest absolute Gasteiger partial charge is 0.325 e. The SMILES string of the molecule is C[C@H](NC(=O)CC1C=CCC1)C(=O)O. The van der Waals surface area contributed by atoms with Gasteiger partial charge in [0.1, 0.15) is 6.04 Å². The van der Waals surface area contributed by atoms with Crippen molar-refractivity contribution in [2.45, 2.75) is 32.2 Å². The number of nitrogens with one attached hydrogen (secondary N) is 1. The van der Waals surface area contributed by atoms with E-state index in [9.17, 15) is 9.59 Å². The van der Waals surface area contributed by atoms with Crippen LogP contribution in [0.1, 0.15) is 26.2 Å². The van der Waals surface area contributed by atoms with Crippen molar-refractivity contribution in [1.82, 2.24) is 5.32 Å². The highest BCUT2D eigenvalue weighted by atomic mass is 16.4. The molecule has 0 saturated heterocycles. The van der Waals surface area contributed by atoms with Crippen molar-refractivity contribution in [3.8, 4) is 0 Å². The maximum atomic E-state index is 11.3. The molecule has 0 fully saturated rings. The van der Waals surface area contributed by atoms with Crippen molar-refractivity contribution in [2.24, 2.45) is 5.92 Å². The van der Waals surface area contributed by atoms with Crippen molar-refractivity contribution in [2.75, 3.05) is 0 Å². The number of carbonyl (C=O) groups excluding carboxylic acids is 1. The summed E-state index contributed by atoms with van der Waals surface area (Å²) < 4.78 is 0. The molecule has 14 heavy (non-hydrogen) atoms. The first-order valence-electron chi connectivity index (χ1n) is 4.78. The van der Waals surface area contributed by atoms with Gasteiger partial charge in [-0.3, -0.25) is 9.59 Å². The van der Waals surface area contributed by atoms with Crippen molar-refractivity contribution in [3.05, 3.63) is 12.2 Å². The number of amides is 1. The van der Waals surface area contributed by atoms with Crippen LogP contribution in [0.3, 0.4) is 0 Å². The number of aliphatic carboxylic acids is 1. The summed E-state index contributed by atoms with van der Waals surface area (Å²) >= 11 is 0. The van der Waals surface area contributed by atoms with Crippen LogP contribution in [-0.2, 0) is 9.59 Å². The summed E-state index contributed by atoms with van der Waals surface area (Å²) in [6.07, 6.45) is 6.49. The number of rotatable bonds is 4. The fraction of sp³-hybridized carbons (Fsp3) is 0.600. The molecule has 78 valence electrons. The van der Waals surface area contributed by atoms with E-state index in [0.717, 1.165) is 12.8 Å². The lowest BCUT2D eigenvalue weighted by Crippen LogP contribution is -2.38. The molecule has 0 heterocycles. The molecule has 1 rings (SSSR count). The van der Waals surface area contributed by atoms with Gasteiger partial charge in [0.15, 0.2) is 0 Å². The lowest BCUT2D eigenvalue weighted by molar-refractivity contribution is -0.141. The van der Waals surface area contributed by atoms with E-state index in [1.165, 1.54) is 6.92 Å². The molecule has 0 aromatic carbocycles. The molecular weight excluding hydrogens is 182 g/mol. The second kappa shape index (κ2) is 4.79. The van der Waals surface area contributed by atoms with Crippen LogP contribution in [0.15, 0.2) is 12.2 Å². The van der Waals surface area contributed by atoms with Gasteiger partial charge >= 0.3 is 5.97 Å². The maximum Gasteiger partial charge on any atom is 0.325 e. The molecule has 4 heteroatoms. The molecule has 1 aliphatic carbocycles. The van der Waals surface area contributed by atoms with Crippen molar-refractivity contribution < 1.29 is 14.7 Å². The average molecular weight is 197 g/mol. The topological polar surface area (TPSA) is 66.4 Å². The van der Waals surface area contributed by atoms with Gasteiger partial charge in [-0.15, -0.1) is 0 Å². The van der Waals surface area contributed by atoms with Gasteiger partial charge in [0.05, 0.1) is 0 Å². The van der Waals surface area contributed by atoms with E-state index >= 15 is 0 Å². The molecule has 0 bridgehead atoms. The Bertz CT molecular complexity index is 254. The Kier molecular flexibility index (Phi) is 3.68. The second-order valence-electron chi connectivity index (χ2n) is 3.60. The number of hydrogen-bond acceptors (Lipinski definition) is 2. The van der Waals surface area contributed by atoms with Crippen LogP contribution in [-0.4, -0.2) is 23.0 Å². The van der Waals surface area contributed by atoms with Crippen molar-refractivity contribution in [1.29, 1.82) is 0 Å². The first-order chi connectivity index (χ1) is 6.59. The van der Waals surface area contributed by atoms with Gasteiger partial charge < -0.3 is 10.4 Å². The molecule has 4 nitrogen and oxygen atoms in total. The average Bonchev–Trinajstić information content (AvgIpc) is 2.56. The van der Waals surface area contributed by atoms with Crippen molar-refractivity contribution >= 4 is 11.9 Å². The third-order valence-electron chi connectivity index (χ3n) is 2.31. The summed E-state index contributed by atoms with van der Waals surface area (Å²) in [5.74, 6) is -0.896. The Morgan fingerprint density at radius 3 is 2.86 bits per heavy atom. The predicted octanol–water partition coefficient (Wildman–Crippen LogP) is 0.932. The van der Waals surface area contributed by atoms with Crippen LogP contribution in [0, 0.1) is 5.92 Å². The molecule has 1 aliphatic rings. The minimum atomic E-state index is -1.000. The number of carbonyl (C=O) groups is 2. The van der Waals surface area contributed by atoms with E-state index in [4.69, 9.17) is 5.11 Å². The van der Waals surface area contributed by atoms with E-state index < -0.39 is 12.0 Å². The molecule has 0 spiro atoms. The molecule has 1 amide bonds. The van der Waals surface area contributed by atoms with Gasteiger partial charge in [-0.2, -0.15) is 0 Å². The molecular formula is C10H15NO3. The highest BCUT2D eigenvalue weighted by molar-refractivity contribution is 5.83. The fourth-order valence-corrected chi connectivity index (χ4v) is 1.47. The van der Waals surface area contributed by atoms with Crippen LogP contribution in [0.25, 0.3) is 0 Å². The standard InChI is InChI=1S/C10H15NO3/c1-7(10(13)14)11-9(12)6-8-4-2-3-5-8/h2,4,7-8H,3,5-6H2,1H3,(H,11,12)(H,13,14)/t7-,8?/m0/s1. The van der Waals surface area contributed by atoms with E-state index in [0.29, 0.717) is 6.42 Å². The molecule has 0 aliphatic heterocycles. The highest BCUT2D eigenvalue weighted by Crippen LogP contribution is 2.19. The molecule has 2 atom stereocenters. The van der Waals surface area contributed by atoms with Gasteiger partial charge in [-0.05, 0) is 25.7 Å². The van der Waals surface area contributed by atoms with E-state index in [1.807, 2.05) is 6.08 Å². The molecule has 2 N–H and O–H groups in total. The fourth-order valence-electron chi connectivity index (χ4n) is 1.47. The summed E-state index contributed by atoms with van der Waals surface area (Å²) in [5, 5.41) is 11.0. The lowest BCUT2D eigenvalue weighted by atomic mass is 10.0. The van der Waals surface area contributed by atoms with Crippen LogP contribution in [0.5, 0.6) is 0 Å². The lowest BCUT2D eigenvalue weighted by Gasteiger charge is -2.11. The maximum absolute atomic E-state index is 11.3. The number of carboxylic acids is 1. The minimum Gasteiger partial charge on any atom is -0.480 e. The molecule has 0 saturated carbocycles. The summed E-state index contributed by atoms with van der Waals surface area (Å²) in [4.78, 5) is 21.7. The quantitative estimate of drug-likeness (QED) is 0.659. The summed E-state index contributed by atoms with van der Waals surface area (Å²) in [5.41, 5.74) is 0.